The Morgan fingerprint density at radius 2 is 0.392 bits per heavy atom. The van der Waals surface area contributed by atoms with Gasteiger partial charge in [-0.2, -0.15) is 0 Å². The molecule has 0 bridgehead atoms. The van der Waals surface area contributed by atoms with Crippen LogP contribution in [0.1, 0.15) is 5.56 Å². The first-order chi connectivity index (χ1) is 61.8. The van der Waals surface area contributed by atoms with Crippen molar-refractivity contribution in [1.29, 1.82) is 0 Å². The Morgan fingerprint density at radius 3 is 0.816 bits per heavy atom. The van der Waals surface area contributed by atoms with Crippen molar-refractivity contribution in [2.45, 2.75) is 6.92 Å². The van der Waals surface area contributed by atoms with Gasteiger partial charge in [-0.25, -0.2) is 44.9 Å². The Kier molecular flexibility index (Phi) is 20.5. The van der Waals surface area contributed by atoms with Crippen molar-refractivity contribution in [3.05, 3.63) is 454 Å². The molecule has 125 heavy (non-hydrogen) atoms. The molecule has 9 nitrogen and oxygen atoms in total. The van der Waals surface area contributed by atoms with E-state index in [0.29, 0.717) is 23.3 Å². The molecule has 0 saturated heterocycles. The maximum atomic E-state index is 5.35. The number of pyridine rings is 4. The summed E-state index contributed by atoms with van der Waals surface area (Å²) in [5, 5.41) is 4.32. The van der Waals surface area contributed by atoms with Gasteiger partial charge in [0.25, 0.3) is 0 Å². The lowest BCUT2D eigenvalue weighted by Gasteiger charge is -2.13. The second kappa shape index (κ2) is 33.8. The largest absolute Gasteiger partial charge is 0.245 e. The number of fused-ring (bicyclic) bond motifs is 6. The molecule has 0 aliphatic heterocycles. The van der Waals surface area contributed by atoms with E-state index in [0.717, 1.165) is 189 Å². The molecule has 0 N–H and O–H groups in total. The molecule has 9 heteroatoms. The molecule has 22 aromatic rings. The fraction of sp³-hybridized carbons (Fsp3) is 0.00862. The predicted octanol–water partition coefficient (Wildman–Crippen LogP) is 29.5. The van der Waals surface area contributed by atoms with Crippen LogP contribution in [0.3, 0.4) is 0 Å². The number of hydrogen-bond donors (Lipinski definition) is 0. The molecule has 586 valence electrons. The van der Waals surface area contributed by atoms with E-state index in [2.05, 4.69) is 359 Å². The van der Waals surface area contributed by atoms with Crippen molar-refractivity contribution in [3.63, 3.8) is 0 Å². The van der Waals surface area contributed by atoms with Crippen LogP contribution in [0.5, 0.6) is 0 Å². The summed E-state index contributed by atoms with van der Waals surface area (Å²) in [5.41, 5.74) is 34.0. The first-order valence-electron chi connectivity index (χ1n) is 42.0. The first kappa shape index (κ1) is 75.7. The van der Waals surface area contributed by atoms with Crippen LogP contribution in [-0.2, 0) is 0 Å². The molecular weight excluding hydrogens is 1520 g/mol. The Labute approximate surface area is 724 Å². The normalized spacial score (nSPS) is 11.2. The van der Waals surface area contributed by atoms with E-state index in [-0.39, 0.29) is 0 Å². The van der Waals surface area contributed by atoms with Gasteiger partial charge in [0.05, 0.1) is 56.2 Å². The van der Waals surface area contributed by atoms with Gasteiger partial charge in [-0.1, -0.05) is 394 Å². The lowest BCUT2D eigenvalue weighted by Crippen LogP contribution is -2.00. The Balaban J connectivity index is 0.000000153. The van der Waals surface area contributed by atoms with Gasteiger partial charge in [0.15, 0.2) is 23.3 Å². The molecule has 16 aromatic carbocycles. The lowest BCUT2D eigenvalue weighted by atomic mass is 9.96. The van der Waals surface area contributed by atoms with Gasteiger partial charge in [-0.05, 0) is 134 Å². The topological polar surface area (TPSA) is 116 Å². The fourth-order valence-corrected chi connectivity index (χ4v) is 16.6. The van der Waals surface area contributed by atoms with Crippen molar-refractivity contribution >= 4 is 43.6 Å². The molecule has 0 aliphatic rings. The third-order valence-electron chi connectivity index (χ3n) is 23.2. The fourth-order valence-electron chi connectivity index (χ4n) is 16.6. The predicted molar refractivity (Wildman–Crippen MR) is 515 cm³/mol. The Bertz CT molecular complexity index is 7660. The number of rotatable bonds is 16. The summed E-state index contributed by atoms with van der Waals surface area (Å²) in [7, 11) is 0. The third kappa shape index (κ3) is 15.9. The van der Waals surface area contributed by atoms with Crippen LogP contribution in [0.25, 0.3) is 223 Å². The second-order valence-corrected chi connectivity index (χ2v) is 31.2. The van der Waals surface area contributed by atoms with Crippen molar-refractivity contribution in [3.8, 4) is 180 Å². The average molecular weight is 1600 g/mol. The molecule has 0 fully saturated rings. The number of nitrogens with zero attached hydrogens (tertiary/aromatic N) is 9. The van der Waals surface area contributed by atoms with Crippen molar-refractivity contribution in [1.82, 2.24) is 44.9 Å². The highest BCUT2D eigenvalue weighted by atomic mass is 15.0. The molecule has 0 saturated carbocycles. The third-order valence-corrected chi connectivity index (χ3v) is 23.2. The highest BCUT2D eigenvalue weighted by Gasteiger charge is 2.20. The van der Waals surface area contributed by atoms with Crippen molar-refractivity contribution < 1.29 is 0 Å². The van der Waals surface area contributed by atoms with Gasteiger partial charge in [0.1, 0.15) is 0 Å². The van der Waals surface area contributed by atoms with Gasteiger partial charge in [0, 0.05) is 77.2 Å². The first-order valence-corrected chi connectivity index (χ1v) is 42.0. The van der Waals surface area contributed by atoms with Gasteiger partial charge in [0.2, 0.25) is 0 Å². The molecule has 0 spiro atoms. The molecule has 0 radical (unpaired) electrons. The zero-order valence-electron chi connectivity index (χ0n) is 68.2. The monoisotopic (exact) mass is 1600 g/mol. The van der Waals surface area contributed by atoms with Crippen LogP contribution in [0.4, 0.5) is 0 Å². The highest BCUT2D eigenvalue weighted by Crippen LogP contribution is 2.41. The lowest BCUT2D eigenvalue weighted by molar-refractivity contribution is 1.07. The van der Waals surface area contributed by atoms with E-state index in [1.807, 2.05) is 97.1 Å². The summed E-state index contributed by atoms with van der Waals surface area (Å²) in [6.07, 6.45) is 0. The summed E-state index contributed by atoms with van der Waals surface area (Å²) < 4.78 is 0. The maximum Gasteiger partial charge on any atom is 0.164 e. The molecule has 0 aliphatic carbocycles. The minimum Gasteiger partial charge on any atom is -0.245 e. The highest BCUT2D eigenvalue weighted by molar-refractivity contribution is 6.10. The molecule has 6 heterocycles. The Morgan fingerprint density at radius 1 is 0.136 bits per heavy atom. The zero-order valence-corrected chi connectivity index (χ0v) is 68.2. The zero-order chi connectivity index (χ0) is 83.4. The second-order valence-electron chi connectivity index (χ2n) is 31.2. The summed E-state index contributed by atoms with van der Waals surface area (Å²) >= 11 is 0. The summed E-state index contributed by atoms with van der Waals surface area (Å²) in [4.78, 5) is 46.0. The van der Waals surface area contributed by atoms with Crippen LogP contribution in [0.2, 0.25) is 0 Å². The van der Waals surface area contributed by atoms with Crippen molar-refractivity contribution in [2.75, 3.05) is 0 Å². The van der Waals surface area contributed by atoms with Gasteiger partial charge < -0.3 is 0 Å². The molecule has 22 rings (SSSR count). The van der Waals surface area contributed by atoms with Crippen LogP contribution in [0.15, 0.2) is 449 Å². The summed E-state index contributed by atoms with van der Waals surface area (Å²) in [6.45, 7) is 2.15. The van der Waals surface area contributed by atoms with Gasteiger partial charge >= 0.3 is 0 Å². The molecular formula is C116H77N9. The molecule has 0 unspecified atom stereocenters. The van der Waals surface area contributed by atoms with Crippen LogP contribution >= 0.6 is 0 Å². The minimum absolute atomic E-state index is 0.627. The number of hydrogen-bond acceptors (Lipinski definition) is 9. The van der Waals surface area contributed by atoms with E-state index in [9.17, 15) is 0 Å². The smallest absolute Gasteiger partial charge is 0.164 e. The number of aryl methyl sites for hydroxylation is 1. The maximum absolute atomic E-state index is 5.35. The van der Waals surface area contributed by atoms with E-state index in [1.165, 1.54) is 16.7 Å². The van der Waals surface area contributed by atoms with Crippen LogP contribution < -0.4 is 0 Å². The van der Waals surface area contributed by atoms with Gasteiger partial charge in [-0.15, -0.1) is 0 Å². The van der Waals surface area contributed by atoms with Gasteiger partial charge in [-0.3, -0.25) is 0 Å². The van der Waals surface area contributed by atoms with E-state index < -0.39 is 0 Å². The standard InChI is InChI=1S/C59H40N4.C57H37N5/c1-39-36-54(45-14-7-3-8-15-45)61-58-52(39)34-32-48-33-35-53(60-57(48)58)51-19-11-18-50(37-51)44-22-20-42(21-23-44)43-26-30-47(31-27-43)56-38-55(62-59(63-56)49-16-9-4-10-17-49)46-28-24-41(25-29-46)40-12-5-2-6-13-40;1-5-16-38(17-6-1)50-37-52(39-18-7-2-8-19-39)59-54-49(50)32-30-40-31-33-51(58-53(40)54)47-28-14-26-45(35-47)43-24-13-25-44(34-43)46-27-15-29-48(36-46)57-61-55(41-20-9-3-10-21-41)60-56(62-57)42-22-11-4-12-23-42/h2-38H,1H3;1-37H. The minimum atomic E-state index is 0.627. The summed E-state index contributed by atoms with van der Waals surface area (Å²) in [6, 6.07) is 156. The summed E-state index contributed by atoms with van der Waals surface area (Å²) in [5.74, 6) is 2.61. The van der Waals surface area contributed by atoms with Crippen LogP contribution in [0, 0.1) is 6.92 Å². The van der Waals surface area contributed by atoms with E-state index >= 15 is 0 Å². The van der Waals surface area contributed by atoms with Crippen molar-refractivity contribution in [2.24, 2.45) is 0 Å². The van der Waals surface area contributed by atoms with E-state index in [4.69, 9.17) is 44.9 Å². The molecule has 6 aromatic heterocycles. The number of aromatic nitrogens is 9. The SMILES string of the molecule is Cc1cc(-c2ccccc2)nc2c1ccc1ccc(-c3cccc(-c4ccc(-c5ccc(-c6cc(-c7ccc(-c8ccccc8)cc7)nc(-c7ccccc7)n6)cc5)cc4)c3)nc12.c1ccc(-c2cc(-c3ccccc3)c3ccc4ccc(-c5cccc(-c6cccc(-c7cccc(-c8nc(-c9ccccc9)nc(-c9ccccc9)n8)c7)c6)c5)nc4c3n2)cc1. The van der Waals surface area contributed by atoms with E-state index in [1.54, 1.807) is 0 Å². The van der Waals surface area contributed by atoms with Crippen LogP contribution in [-0.4, -0.2) is 44.9 Å². The molecule has 0 atom stereocenters. The Hall–Kier alpha value is -16.8. The average Bonchev–Trinajstić information content (AvgIpc) is 0.755. The quantitative estimate of drug-likeness (QED) is 0.0872. The number of benzene rings is 16. The molecule has 0 amide bonds.